The topological polar surface area (TPSA) is 16.6 Å². The van der Waals surface area contributed by atoms with E-state index in [-0.39, 0.29) is 0 Å². The van der Waals surface area contributed by atoms with Gasteiger partial charge in [-0.2, -0.15) is 0 Å². The van der Waals surface area contributed by atoms with Gasteiger partial charge in [0.15, 0.2) is 0 Å². The number of nitrogens with two attached hydrogens (primary N) is 1. The van der Waals surface area contributed by atoms with Crippen LogP contribution in [0.5, 0.6) is 0 Å². The molecule has 2 N–H and O–H groups in total. The summed E-state index contributed by atoms with van der Waals surface area (Å²) in [6.45, 7) is 1.40. The molecule has 0 bridgehead atoms. The highest BCUT2D eigenvalue weighted by molar-refractivity contribution is 4.81. The molecule has 1 heterocycles. The van der Waals surface area contributed by atoms with Crippen molar-refractivity contribution in [2.75, 3.05) is 6.54 Å². The van der Waals surface area contributed by atoms with Crippen molar-refractivity contribution in [2.45, 2.75) is 31.7 Å². The summed E-state index contributed by atoms with van der Waals surface area (Å²) >= 11 is 0. The standard InChI is InChI=1S/C7H13N/c1-2-7(8-5-1)6-3-4-6/h6-8H,1-5H2/p+1. The van der Waals surface area contributed by atoms with Crippen LogP contribution in [0.4, 0.5) is 0 Å². The zero-order valence-corrected chi connectivity index (χ0v) is 5.27. The van der Waals surface area contributed by atoms with Crippen molar-refractivity contribution in [3.8, 4) is 0 Å². The molecule has 0 aromatic rings. The van der Waals surface area contributed by atoms with Crippen LogP contribution in [-0.2, 0) is 0 Å². The Morgan fingerprint density at radius 3 is 2.50 bits per heavy atom. The van der Waals surface area contributed by atoms with E-state index in [1.165, 1.54) is 32.2 Å². The molecule has 1 unspecified atom stereocenters. The Bertz CT molecular complexity index is 80.4. The second-order valence-corrected chi connectivity index (χ2v) is 3.17. The van der Waals surface area contributed by atoms with Crippen molar-refractivity contribution in [1.82, 2.24) is 0 Å². The summed E-state index contributed by atoms with van der Waals surface area (Å²) < 4.78 is 0. The predicted octanol–water partition coefficient (Wildman–Crippen LogP) is 0.122. The molecule has 0 aromatic heterocycles. The Kier molecular flexibility index (Phi) is 1.04. The smallest absolute Gasteiger partial charge is 0.0889 e. The zero-order chi connectivity index (χ0) is 5.40. The first kappa shape index (κ1) is 4.80. The molecule has 1 atom stereocenters. The van der Waals surface area contributed by atoms with Crippen LogP contribution in [0.2, 0.25) is 0 Å². The maximum absolute atomic E-state index is 2.54. The van der Waals surface area contributed by atoms with E-state index in [0.717, 1.165) is 12.0 Å². The van der Waals surface area contributed by atoms with Crippen molar-refractivity contribution in [3.05, 3.63) is 0 Å². The minimum Gasteiger partial charge on any atom is -0.344 e. The molecular weight excluding hydrogens is 98.1 g/mol. The fourth-order valence-corrected chi connectivity index (χ4v) is 1.76. The molecule has 46 valence electrons. The predicted molar refractivity (Wildman–Crippen MR) is 32.5 cm³/mol. The van der Waals surface area contributed by atoms with Gasteiger partial charge >= 0.3 is 0 Å². The second-order valence-electron chi connectivity index (χ2n) is 3.17. The molecule has 0 spiro atoms. The van der Waals surface area contributed by atoms with E-state index in [1.807, 2.05) is 0 Å². The van der Waals surface area contributed by atoms with Crippen molar-refractivity contribution in [2.24, 2.45) is 5.92 Å². The summed E-state index contributed by atoms with van der Waals surface area (Å²) in [7, 11) is 0. The zero-order valence-electron chi connectivity index (χ0n) is 5.27. The minimum atomic E-state index is 1.05. The van der Waals surface area contributed by atoms with Crippen molar-refractivity contribution >= 4 is 0 Å². The molecule has 2 rings (SSSR count). The molecular formula is C7H14N+. The third-order valence-corrected chi connectivity index (χ3v) is 2.44. The highest BCUT2D eigenvalue weighted by atomic mass is 14.9. The summed E-state index contributed by atoms with van der Waals surface area (Å²) in [4.78, 5) is 0. The van der Waals surface area contributed by atoms with E-state index in [1.54, 1.807) is 0 Å². The third kappa shape index (κ3) is 0.752. The molecule has 0 amide bonds. The minimum absolute atomic E-state index is 1.05. The third-order valence-electron chi connectivity index (χ3n) is 2.44. The van der Waals surface area contributed by atoms with Crippen LogP contribution in [0.15, 0.2) is 0 Å². The molecule has 8 heavy (non-hydrogen) atoms. The van der Waals surface area contributed by atoms with Gasteiger partial charge in [0.2, 0.25) is 0 Å². The Morgan fingerprint density at radius 1 is 1.12 bits per heavy atom. The van der Waals surface area contributed by atoms with Crippen LogP contribution in [0.3, 0.4) is 0 Å². The van der Waals surface area contributed by atoms with Gasteiger partial charge in [-0.05, 0) is 12.8 Å². The number of rotatable bonds is 1. The van der Waals surface area contributed by atoms with Crippen LogP contribution in [0.25, 0.3) is 0 Å². The van der Waals surface area contributed by atoms with Crippen LogP contribution >= 0.6 is 0 Å². The Labute approximate surface area is 50.5 Å². The Hall–Kier alpha value is -0.0400. The largest absolute Gasteiger partial charge is 0.344 e. The van der Waals surface area contributed by atoms with Gasteiger partial charge in [-0.15, -0.1) is 0 Å². The molecule has 1 aliphatic carbocycles. The number of hydrogen-bond acceptors (Lipinski definition) is 0. The lowest BCUT2D eigenvalue weighted by molar-refractivity contribution is -0.673. The van der Waals surface area contributed by atoms with Crippen LogP contribution in [0.1, 0.15) is 25.7 Å². The van der Waals surface area contributed by atoms with Gasteiger partial charge in [-0.25, -0.2) is 0 Å². The highest BCUT2D eigenvalue weighted by Crippen LogP contribution is 2.33. The molecule has 1 saturated heterocycles. The molecule has 1 saturated carbocycles. The van der Waals surface area contributed by atoms with Gasteiger partial charge < -0.3 is 5.32 Å². The van der Waals surface area contributed by atoms with Crippen LogP contribution in [-0.4, -0.2) is 12.6 Å². The van der Waals surface area contributed by atoms with Crippen molar-refractivity contribution in [3.63, 3.8) is 0 Å². The Balaban J connectivity index is 1.86. The average molecular weight is 112 g/mol. The quantitative estimate of drug-likeness (QED) is 0.496. The first-order valence-electron chi connectivity index (χ1n) is 3.80. The lowest BCUT2D eigenvalue weighted by Gasteiger charge is -2.01. The van der Waals surface area contributed by atoms with E-state index < -0.39 is 0 Å². The van der Waals surface area contributed by atoms with E-state index in [0.29, 0.717) is 0 Å². The number of quaternary nitrogens is 1. The lowest BCUT2D eigenvalue weighted by atomic mass is 10.1. The summed E-state index contributed by atoms with van der Waals surface area (Å²) in [5.74, 6) is 1.14. The first-order valence-corrected chi connectivity index (χ1v) is 3.80. The molecule has 1 nitrogen and oxygen atoms in total. The van der Waals surface area contributed by atoms with Gasteiger partial charge in [-0.3, -0.25) is 0 Å². The normalized spacial score (nSPS) is 38.2. The van der Waals surface area contributed by atoms with Gasteiger partial charge in [-0.1, -0.05) is 0 Å². The van der Waals surface area contributed by atoms with Crippen LogP contribution in [0, 0.1) is 5.92 Å². The lowest BCUT2D eigenvalue weighted by Crippen LogP contribution is -2.87. The highest BCUT2D eigenvalue weighted by Gasteiger charge is 2.35. The van der Waals surface area contributed by atoms with Gasteiger partial charge in [0.25, 0.3) is 0 Å². The molecule has 0 radical (unpaired) electrons. The van der Waals surface area contributed by atoms with Gasteiger partial charge in [0.05, 0.1) is 12.6 Å². The van der Waals surface area contributed by atoms with Crippen LogP contribution < -0.4 is 5.32 Å². The average Bonchev–Trinajstić information content (AvgIpc) is 2.49. The van der Waals surface area contributed by atoms with E-state index in [2.05, 4.69) is 5.32 Å². The molecule has 1 heteroatoms. The van der Waals surface area contributed by atoms with Gasteiger partial charge in [0, 0.05) is 18.8 Å². The Morgan fingerprint density at radius 2 is 2.00 bits per heavy atom. The number of hydrogen-bond donors (Lipinski definition) is 1. The summed E-state index contributed by atoms with van der Waals surface area (Å²) in [5.41, 5.74) is 0. The maximum atomic E-state index is 2.54. The van der Waals surface area contributed by atoms with Crippen molar-refractivity contribution < 1.29 is 5.32 Å². The molecule has 2 aliphatic rings. The van der Waals surface area contributed by atoms with E-state index in [4.69, 9.17) is 0 Å². The van der Waals surface area contributed by atoms with Gasteiger partial charge in [0.1, 0.15) is 0 Å². The van der Waals surface area contributed by atoms with E-state index >= 15 is 0 Å². The maximum Gasteiger partial charge on any atom is 0.0889 e. The fraction of sp³-hybridized carbons (Fsp3) is 1.00. The summed E-state index contributed by atoms with van der Waals surface area (Å²) in [5, 5.41) is 2.54. The molecule has 2 fully saturated rings. The second kappa shape index (κ2) is 1.73. The molecule has 1 aliphatic heterocycles. The monoisotopic (exact) mass is 112 g/mol. The molecule has 0 aromatic carbocycles. The van der Waals surface area contributed by atoms with E-state index in [9.17, 15) is 0 Å². The van der Waals surface area contributed by atoms with Crippen molar-refractivity contribution in [1.29, 1.82) is 0 Å². The summed E-state index contributed by atoms with van der Waals surface area (Å²) in [6, 6.07) is 1.05. The first-order chi connectivity index (χ1) is 3.97. The summed E-state index contributed by atoms with van der Waals surface area (Å²) in [6.07, 6.45) is 6.04. The fourth-order valence-electron chi connectivity index (χ4n) is 1.76. The SMILES string of the molecule is C1C[NH2+]C(C2CC2)C1.